The van der Waals surface area contributed by atoms with Crippen LogP contribution in [0.1, 0.15) is 6.42 Å². The molecule has 0 fully saturated rings. The number of nitrogens with one attached hydrogen (secondary N) is 1. The number of carbonyl (C=O) groups excluding carboxylic acids is 1. The molecule has 0 aliphatic rings. The molecule has 0 aliphatic heterocycles. The topological polar surface area (TPSA) is 59.8 Å². The van der Waals surface area contributed by atoms with Crippen LogP contribution in [-0.4, -0.2) is 20.7 Å². The molecule has 88 valence electrons. The summed E-state index contributed by atoms with van der Waals surface area (Å²) in [5.74, 6) is 0.251. The van der Waals surface area contributed by atoms with Gasteiger partial charge in [-0.1, -0.05) is 11.6 Å². The monoisotopic (exact) mass is 250 g/mol. The predicted molar refractivity (Wildman–Crippen MR) is 64.7 cm³/mol. The number of pyridine rings is 1. The van der Waals surface area contributed by atoms with Crippen molar-refractivity contribution >= 4 is 23.3 Å². The molecule has 0 bridgehead atoms. The molecule has 2 heterocycles. The van der Waals surface area contributed by atoms with Crippen LogP contribution in [0.3, 0.4) is 0 Å². The van der Waals surface area contributed by atoms with Gasteiger partial charge in [0.05, 0.1) is 5.02 Å². The van der Waals surface area contributed by atoms with E-state index in [9.17, 15) is 4.79 Å². The van der Waals surface area contributed by atoms with E-state index in [-0.39, 0.29) is 5.91 Å². The van der Waals surface area contributed by atoms with Gasteiger partial charge in [0, 0.05) is 31.6 Å². The fourth-order valence-corrected chi connectivity index (χ4v) is 1.49. The number of hydrogen-bond donors (Lipinski definition) is 1. The Morgan fingerprint density at radius 1 is 1.41 bits per heavy atom. The Morgan fingerprint density at radius 2 is 2.29 bits per heavy atom. The van der Waals surface area contributed by atoms with Crippen LogP contribution >= 0.6 is 11.6 Å². The highest BCUT2D eigenvalue weighted by Crippen LogP contribution is 2.17. The average Bonchev–Trinajstić information content (AvgIpc) is 2.82. The molecular formula is C11H11ClN4O. The fraction of sp³-hybridized carbons (Fsp3) is 0.182. The Kier molecular flexibility index (Phi) is 3.72. The second-order valence-corrected chi connectivity index (χ2v) is 3.81. The van der Waals surface area contributed by atoms with E-state index in [1.54, 1.807) is 35.4 Å². The Hall–Kier alpha value is -1.88. The summed E-state index contributed by atoms with van der Waals surface area (Å²) in [5, 5.41) is 7.09. The molecule has 5 nitrogen and oxygen atoms in total. The number of nitrogens with zero attached hydrogens (tertiary/aromatic N) is 3. The summed E-state index contributed by atoms with van der Waals surface area (Å²) < 4.78 is 1.69. The van der Waals surface area contributed by atoms with Crippen LogP contribution < -0.4 is 5.32 Å². The second-order valence-electron chi connectivity index (χ2n) is 3.40. The van der Waals surface area contributed by atoms with Gasteiger partial charge in [0.15, 0.2) is 5.82 Å². The first-order chi connectivity index (χ1) is 8.25. The maximum atomic E-state index is 11.6. The zero-order chi connectivity index (χ0) is 12.1. The second kappa shape index (κ2) is 5.45. The third-order valence-corrected chi connectivity index (χ3v) is 2.45. The molecule has 0 atom stereocenters. The minimum atomic E-state index is -0.138. The van der Waals surface area contributed by atoms with Gasteiger partial charge in [-0.2, -0.15) is 5.10 Å². The third kappa shape index (κ3) is 3.29. The number of anilines is 1. The normalized spacial score (nSPS) is 10.2. The van der Waals surface area contributed by atoms with Gasteiger partial charge in [0.2, 0.25) is 5.91 Å². The molecule has 2 aromatic rings. The lowest BCUT2D eigenvalue weighted by Crippen LogP contribution is -2.15. The van der Waals surface area contributed by atoms with Crippen molar-refractivity contribution in [3.63, 3.8) is 0 Å². The van der Waals surface area contributed by atoms with E-state index in [0.717, 1.165) is 0 Å². The van der Waals surface area contributed by atoms with Crippen LogP contribution in [0.15, 0.2) is 36.8 Å². The van der Waals surface area contributed by atoms with Crippen LogP contribution in [0, 0.1) is 0 Å². The Bertz CT molecular complexity index is 498. The number of aromatic nitrogens is 3. The lowest BCUT2D eigenvalue weighted by molar-refractivity contribution is -0.116. The quantitative estimate of drug-likeness (QED) is 0.902. The van der Waals surface area contributed by atoms with Crippen molar-refractivity contribution in [1.29, 1.82) is 0 Å². The van der Waals surface area contributed by atoms with Gasteiger partial charge in [-0.15, -0.1) is 0 Å². The Labute approximate surface area is 103 Å². The van der Waals surface area contributed by atoms with E-state index < -0.39 is 0 Å². The smallest absolute Gasteiger partial charge is 0.227 e. The number of hydrogen-bond acceptors (Lipinski definition) is 3. The first-order valence-corrected chi connectivity index (χ1v) is 5.51. The van der Waals surface area contributed by atoms with Crippen LogP contribution in [0.5, 0.6) is 0 Å². The fourth-order valence-electron chi connectivity index (χ4n) is 1.32. The molecule has 17 heavy (non-hydrogen) atoms. The number of halogens is 1. The van der Waals surface area contributed by atoms with Gasteiger partial charge >= 0.3 is 0 Å². The zero-order valence-corrected chi connectivity index (χ0v) is 9.76. The molecule has 0 spiro atoms. The molecule has 2 aromatic heterocycles. The standard InChI is InChI=1S/C11H11ClN4O/c12-9-3-1-5-13-11(9)15-10(17)4-8-16-7-2-6-14-16/h1-3,5-7H,4,8H2,(H,13,15,17). The highest BCUT2D eigenvalue weighted by Gasteiger charge is 2.06. The molecule has 0 unspecified atom stereocenters. The average molecular weight is 251 g/mol. The summed E-state index contributed by atoms with van der Waals surface area (Å²) in [6.07, 6.45) is 5.39. The molecule has 0 saturated carbocycles. The summed E-state index contributed by atoms with van der Waals surface area (Å²) in [7, 11) is 0. The minimum absolute atomic E-state index is 0.138. The maximum Gasteiger partial charge on any atom is 0.227 e. The Morgan fingerprint density at radius 3 is 3.00 bits per heavy atom. The predicted octanol–water partition coefficient (Wildman–Crippen LogP) is 1.96. The van der Waals surface area contributed by atoms with Crippen molar-refractivity contribution in [2.24, 2.45) is 0 Å². The van der Waals surface area contributed by atoms with Gasteiger partial charge in [-0.05, 0) is 18.2 Å². The summed E-state index contributed by atoms with van der Waals surface area (Å²) in [4.78, 5) is 15.6. The minimum Gasteiger partial charge on any atom is -0.309 e. The van der Waals surface area contributed by atoms with Crippen LogP contribution in [-0.2, 0) is 11.3 Å². The molecular weight excluding hydrogens is 240 g/mol. The summed E-state index contributed by atoms with van der Waals surface area (Å²) in [6.45, 7) is 0.531. The summed E-state index contributed by atoms with van der Waals surface area (Å²) >= 11 is 5.87. The molecule has 6 heteroatoms. The van der Waals surface area contributed by atoms with Crippen molar-refractivity contribution in [3.8, 4) is 0 Å². The SMILES string of the molecule is O=C(CCn1cccn1)Nc1ncccc1Cl. The van der Waals surface area contributed by atoms with Gasteiger partial charge in [0.25, 0.3) is 0 Å². The Balaban J connectivity index is 1.87. The number of aryl methyl sites for hydroxylation is 1. The molecule has 0 radical (unpaired) electrons. The van der Waals surface area contributed by atoms with Crippen LogP contribution in [0.4, 0.5) is 5.82 Å². The van der Waals surface area contributed by atoms with Crippen LogP contribution in [0.2, 0.25) is 5.02 Å². The van der Waals surface area contributed by atoms with E-state index in [2.05, 4.69) is 15.4 Å². The van der Waals surface area contributed by atoms with Crippen molar-refractivity contribution in [3.05, 3.63) is 41.8 Å². The largest absolute Gasteiger partial charge is 0.309 e. The molecule has 0 aliphatic carbocycles. The van der Waals surface area contributed by atoms with Crippen molar-refractivity contribution < 1.29 is 4.79 Å². The van der Waals surface area contributed by atoms with E-state index in [1.165, 1.54) is 0 Å². The zero-order valence-electron chi connectivity index (χ0n) is 9.01. The molecule has 0 saturated heterocycles. The van der Waals surface area contributed by atoms with E-state index in [0.29, 0.717) is 23.8 Å². The van der Waals surface area contributed by atoms with Gasteiger partial charge in [-0.3, -0.25) is 9.48 Å². The van der Waals surface area contributed by atoms with Crippen molar-refractivity contribution in [1.82, 2.24) is 14.8 Å². The highest BCUT2D eigenvalue weighted by atomic mass is 35.5. The maximum absolute atomic E-state index is 11.6. The van der Waals surface area contributed by atoms with Gasteiger partial charge in [0.1, 0.15) is 0 Å². The van der Waals surface area contributed by atoms with Gasteiger partial charge < -0.3 is 5.32 Å². The molecule has 1 N–H and O–H groups in total. The lowest BCUT2D eigenvalue weighted by atomic mass is 10.4. The highest BCUT2D eigenvalue weighted by molar-refractivity contribution is 6.33. The number of rotatable bonds is 4. The molecule has 2 rings (SSSR count). The third-order valence-electron chi connectivity index (χ3n) is 2.14. The van der Waals surface area contributed by atoms with Crippen LogP contribution in [0.25, 0.3) is 0 Å². The summed E-state index contributed by atoms with van der Waals surface area (Å²) in [5.41, 5.74) is 0. The lowest BCUT2D eigenvalue weighted by Gasteiger charge is -2.05. The number of carbonyl (C=O) groups is 1. The first kappa shape index (κ1) is 11.6. The first-order valence-electron chi connectivity index (χ1n) is 5.13. The van der Waals surface area contributed by atoms with Crippen molar-refractivity contribution in [2.45, 2.75) is 13.0 Å². The van der Waals surface area contributed by atoms with E-state index >= 15 is 0 Å². The van der Waals surface area contributed by atoms with E-state index in [1.807, 2.05) is 6.07 Å². The molecule has 1 amide bonds. The molecule has 0 aromatic carbocycles. The summed E-state index contributed by atoms with van der Waals surface area (Å²) in [6, 6.07) is 5.20. The van der Waals surface area contributed by atoms with E-state index in [4.69, 9.17) is 11.6 Å². The number of amides is 1. The van der Waals surface area contributed by atoms with Crippen molar-refractivity contribution in [2.75, 3.05) is 5.32 Å². The van der Waals surface area contributed by atoms with Gasteiger partial charge in [-0.25, -0.2) is 4.98 Å².